The first-order chi connectivity index (χ1) is 15.3. The Morgan fingerprint density at radius 3 is 2.84 bits per heavy atom. The molecule has 4 rings (SSSR count). The van der Waals surface area contributed by atoms with Crippen LogP contribution in [0.5, 0.6) is 0 Å². The minimum absolute atomic E-state index is 0.0189. The van der Waals surface area contributed by atoms with Gasteiger partial charge in [0.25, 0.3) is 0 Å². The van der Waals surface area contributed by atoms with Gasteiger partial charge in [-0.3, -0.25) is 5.32 Å². The average Bonchev–Trinajstić information content (AvgIpc) is 3.41. The third-order valence-corrected chi connectivity index (χ3v) is 5.52. The van der Waals surface area contributed by atoms with Gasteiger partial charge in [-0.25, -0.2) is 19.7 Å². The number of nitrogens with one attached hydrogen (secondary N) is 3. The van der Waals surface area contributed by atoms with Gasteiger partial charge in [0.2, 0.25) is 0 Å². The Hall–Kier alpha value is -3.67. The number of hydrogen-bond donors (Lipinski definition) is 3. The summed E-state index contributed by atoms with van der Waals surface area (Å²) in [5, 5.41) is 10.1. The van der Waals surface area contributed by atoms with Gasteiger partial charge < -0.3 is 15.2 Å². The van der Waals surface area contributed by atoms with Gasteiger partial charge in [0.05, 0.1) is 22.1 Å². The van der Waals surface area contributed by atoms with E-state index < -0.39 is 17.8 Å². The highest BCUT2D eigenvalue weighted by Crippen LogP contribution is 2.30. The van der Waals surface area contributed by atoms with E-state index in [0.717, 1.165) is 28.2 Å². The van der Waals surface area contributed by atoms with Crippen molar-refractivity contribution in [3.63, 3.8) is 0 Å². The number of halogens is 3. The summed E-state index contributed by atoms with van der Waals surface area (Å²) in [6, 6.07) is 5.61. The molecule has 8 nitrogen and oxygen atoms in total. The maximum atomic E-state index is 12.8. The molecule has 1 atom stereocenters. The van der Waals surface area contributed by atoms with Gasteiger partial charge in [-0.2, -0.15) is 13.2 Å². The maximum Gasteiger partial charge on any atom is 0.416 e. The number of benzene rings is 1. The van der Waals surface area contributed by atoms with E-state index in [0.29, 0.717) is 6.54 Å². The number of carbonyl (C=O) groups is 1. The van der Waals surface area contributed by atoms with E-state index in [4.69, 9.17) is 0 Å². The van der Waals surface area contributed by atoms with Crippen LogP contribution in [0.2, 0.25) is 0 Å². The van der Waals surface area contributed by atoms with Crippen molar-refractivity contribution < 1.29 is 18.0 Å². The third kappa shape index (κ3) is 4.97. The molecule has 0 aliphatic carbocycles. The molecule has 1 aromatic carbocycles. The molecule has 1 unspecified atom stereocenters. The topological polar surface area (TPSA) is 96.8 Å². The Morgan fingerprint density at radius 1 is 1.19 bits per heavy atom. The molecule has 166 valence electrons. The Labute approximate surface area is 184 Å². The normalized spacial score (nSPS) is 12.5. The van der Waals surface area contributed by atoms with Crippen molar-refractivity contribution in [3.05, 3.63) is 60.1 Å². The third-order valence-electron chi connectivity index (χ3n) is 4.61. The van der Waals surface area contributed by atoms with E-state index in [1.165, 1.54) is 18.5 Å². The number of hydrogen-bond acceptors (Lipinski definition) is 6. The number of carbonyl (C=O) groups excluding carboxylic acids is 1. The summed E-state index contributed by atoms with van der Waals surface area (Å²) in [6.45, 7) is 2.52. The summed E-state index contributed by atoms with van der Waals surface area (Å²) >= 11 is 1.55. The summed E-state index contributed by atoms with van der Waals surface area (Å²) in [5.41, 5.74) is 0.0598. The monoisotopic (exact) mass is 461 g/mol. The number of fused-ring (bicyclic) bond motifs is 1. The Balaban J connectivity index is 1.34. The zero-order chi connectivity index (χ0) is 22.7. The van der Waals surface area contributed by atoms with E-state index >= 15 is 0 Å². The van der Waals surface area contributed by atoms with Crippen LogP contribution in [0.1, 0.15) is 18.5 Å². The fraction of sp³-hybridized carbons (Fsp3) is 0.200. The molecule has 12 heteroatoms. The molecule has 0 fully saturated rings. The number of rotatable bonds is 6. The molecule has 0 radical (unpaired) electrons. The van der Waals surface area contributed by atoms with E-state index in [1.54, 1.807) is 28.4 Å². The van der Waals surface area contributed by atoms with Gasteiger partial charge in [-0.05, 0) is 36.6 Å². The van der Waals surface area contributed by atoms with Crippen LogP contribution in [-0.4, -0.2) is 32.1 Å². The van der Waals surface area contributed by atoms with Crippen molar-refractivity contribution in [1.29, 1.82) is 0 Å². The number of alkyl halides is 3. The molecule has 0 bridgehead atoms. The van der Waals surface area contributed by atoms with Crippen molar-refractivity contribution in [2.45, 2.75) is 19.1 Å². The second-order valence-electron chi connectivity index (χ2n) is 6.95. The SMILES string of the molecule is CC(CNc1ncnc2ccsc12)n1cnc(NC(=O)Nc2cccc(C(F)(F)F)c2)c1. The number of aromatic nitrogens is 4. The van der Waals surface area contributed by atoms with Gasteiger partial charge in [0.15, 0.2) is 5.82 Å². The van der Waals surface area contributed by atoms with Gasteiger partial charge >= 0.3 is 12.2 Å². The minimum atomic E-state index is -4.49. The highest BCUT2D eigenvalue weighted by atomic mass is 32.1. The van der Waals surface area contributed by atoms with Gasteiger partial charge in [0.1, 0.15) is 12.1 Å². The van der Waals surface area contributed by atoms with Crippen LogP contribution in [0.15, 0.2) is 54.6 Å². The van der Waals surface area contributed by atoms with Gasteiger partial charge in [-0.1, -0.05) is 6.07 Å². The van der Waals surface area contributed by atoms with E-state index in [-0.39, 0.29) is 17.5 Å². The fourth-order valence-electron chi connectivity index (χ4n) is 2.96. The zero-order valence-corrected chi connectivity index (χ0v) is 17.5. The summed E-state index contributed by atoms with van der Waals surface area (Å²) in [4.78, 5) is 24.8. The first-order valence-corrected chi connectivity index (χ1v) is 10.4. The summed E-state index contributed by atoms with van der Waals surface area (Å²) < 4.78 is 41.2. The lowest BCUT2D eigenvalue weighted by molar-refractivity contribution is -0.137. The number of anilines is 3. The van der Waals surface area contributed by atoms with Crippen molar-refractivity contribution in [2.75, 3.05) is 22.5 Å². The molecule has 0 aliphatic rings. The van der Waals surface area contributed by atoms with Crippen molar-refractivity contribution in [3.8, 4) is 0 Å². The van der Waals surface area contributed by atoms with E-state index in [9.17, 15) is 18.0 Å². The first-order valence-electron chi connectivity index (χ1n) is 9.50. The minimum Gasteiger partial charge on any atom is -0.367 e. The standard InChI is InChI=1S/C20H18F3N7OS/c1-12(8-24-18-17-15(5-6-32-17)25-10-26-18)30-9-16(27-11-30)29-19(31)28-14-4-2-3-13(7-14)20(21,22)23/h2-7,9-12H,8H2,1H3,(H,24,25,26)(H2,28,29,31). The smallest absolute Gasteiger partial charge is 0.367 e. The molecular formula is C20H18F3N7OS. The lowest BCUT2D eigenvalue weighted by atomic mass is 10.2. The van der Waals surface area contributed by atoms with Crippen molar-refractivity contribution in [1.82, 2.24) is 19.5 Å². The molecule has 0 saturated carbocycles. The molecule has 0 aliphatic heterocycles. The van der Waals surface area contributed by atoms with Crippen LogP contribution in [-0.2, 0) is 6.18 Å². The molecule has 3 heterocycles. The second kappa shape index (κ2) is 8.83. The Morgan fingerprint density at radius 2 is 2.03 bits per heavy atom. The lowest BCUT2D eigenvalue weighted by Gasteiger charge is -2.14. The van der Waals surface area contributed by atoms with E-state index in [2.05, 4.69) is 30.9 Å². The lowest BCUT2D eigenvalue weighted by Crippen LogP contribution is -2.20. The Kier molecular flexibility index (Phi) is 5.95. The van der Waals surface area contributed by atoms with E-state index in [1.807, 2.05) is 18.4 Å². The second-order valence-corrected chi connectivity index (χ2v) is 7.87. The summed E-state index contributed by atoms with van der Waals surface area (Å²) in [6.07, 6.45) is 0.216. The molecule has 4 aromatic rings. The number of amides is 2. The molecule has 0 saturated heterocycles. The number of urea groups is 1. The summed E-state index contributed by atoms with van der Waals surface area (Å²) in [5.74, 6) is 1.01. The van der Waals surface area contributed by atoms with Crippen molar-refractivity contribution >= 4 is 44.9 Å². The molecule has 3 N–H and O–H groups in total. The number of imidazole rings is 1. The first kappa shape index (κ1) is 21.6. The predicted octanol–water partition coefficient (Wildman–Crippen LogP) is 5.22. The van der Waals surface area contributed by atoms with Crippen LogP contribution < -0.4 is 16.0 Å². The maximum absolute atomic E-state index is 12.8. The molecule has 0 spiro atoms. The number of nitrogens with zero attached hydrogens (tertiary/aromatic N) is 4. The molecule has 3 aromatic heterocycles. The van der Waals surface area contributed by atoms with Gasteiger partial charge in [0, 0.05) is 24.5 Å². The molecule has 32 heavy (non-hydrogen) atoms. The quantitative estimate of drug-likeness (QED) is 0.366. The largest absolute Gasteiger partial charge is 0.416 e. The van der Waals surface area contributed by atoms with Crippen LogP contribution in [0.25, 0.3) is 10.2 Å². The highest BCUT2D eigenvalue weighted by molar-refractivity contribution is 7.17. The fourth-order valence-corrected chi connectivity index (χ4v) is 3.77. The van der Waals surface area contributed by atoms with Crippen LogP contribution in [0.4, 0.5) is 35.3 Å². The van der Waals surface area contributed by atoms with Crippen LogP contribution in [0, 0.1) is 0 Å². The highest BCUT2D eigenvalue weighted by Gasteiger charge is 2.30. The predicted molar refractivity (Wildman–Crippen MR) is 117 cm³/mol. The van der Waals surface area contributed by atoms with Crippen LogP contribution >= 0.6 is 11.3 Å². The summed E-state index contributed by atoms with van der Waals surface area (Å²) in [7, 11) is 0. The average molecular weight is 461 g/mol. The van der Waals surface area contributed by atoms with Crippen molar-refractivity contribution in [2.24, 2.45) is 0 Å². The number of thiophene rings is 1. The van der Waals surface area contributed by atoms with Crippen LogP contribution in [0.3, 0.4) is 0 Å². The Bertz CT molecular complexity index is 1240. The molecular weight excluding hydrogens is 443 g/mol. The molecule has 2 amide bonds. The zero-order valence-electron chi connectivity index (χ0n) is 16.7. The van der Waals surface area contributed by atoms with Gasteiger partial charge in [-0.15, -0.1) is 11.3 Å².